The van der Waals surface area contributed by atoms with Crippen molar-refractivity contribution < 1.29 is 9.26 Å². The van der Waals surface area contributed by atoms with Crippen LogP contribution in [0.5, 0.6) is 5.75 Å². The van der Waals surface area contributed by atoms with Crippen LogP contribution in [0.4, 0.5) is 0 Å². The fourth-order valence-corrected chi connectivity index (χ4v) is 1.66. The first kappa shape index (κ1) is 14.1. The van der Waals surface area contributed by atoms with Crippen LogP contribution < -0.4 is 10.5 Å². The molecule has 0 aliphatic rings. The van der Waals surface area contributed by atoms with Crippen LogP contribution in [0.25, 0.3) is 0 Å². The molecule has 0 atom stereocenters. The molecule has 19 heavy (non-hydrogen) atoms. The maximum Gasteiger partial charge on any atom is 0.264 e. The molecular formula is C12H13Cl2N3O2. The molecule has 1 heterocycles. The molecule has 0 unspecified atom stereocenters. The van der Waals surface area contributed by atoms with E-state index < -0.39 is 5.54 Å². The van der Waals surface area contributed by atoms with Gasteiger partial charge in [-0.3, -0.25) is 0 Å². The van der Waals surface area contributed by atoms with Crippen molar-refractivity contribution in [2.24, 2.45) is 5.73 Å². The highest BCUT2D eigenvalue weighted by Crippen LogP contribution is 2.31. The minimum absolute atomic E-state index is 0.100. The number of nitrogens with two attached hydrogens (primary N) is 1. The third-order valence-corrected chi connectivity index (χ3v) is 3.11. The Labute approximate surface area is 120 Å². The minimum atomic E-state index is -0.657. The van der Waals surface area contributed by atoms with Crippen LogP contribution in [0.15, 0.2) is 22.7 Å². The van der Waals surface area contributed by atoms with Crippen LogP contribution in [-0.2, 0) is 12.1 Å². The molecule has 2 rings (SSSR count). The predicted molar refractivity (Wildman–Crippen MR) is 72.3 cm³/mol. The van der Waals surface area contributed by atoms with E-state index in [1.54, 1.807) is 32.0 Å². The normalized spacial score (nSPS) is 11.6. The van der Waals surface area contributed by atoms with Gasteiger partial charge in [0, 0.05) is 0 Å². The maximum absolute atomic E-state index is 5.99. The number of rotatable bonds is 4. The molecule has 1 aromatic heterocycles. The van der Waals surface area contributed by atoms with Crippen LogP contribution in [0.2, 0.25) is 10.0 Å². The first-order valence-corrected chi connectivity index (χ1v) is 6.32. The summed E-state index contributed by atoms with van der Waals surface area (Å²) in [4.78, 5) is 4.14. The Morgan fingerprint density at radius 1 is 1.37 bits per heavy atom. The first-order chi connectivity index (χ1) is 8.88. The number of benzene rings is 1. The number of halogens is 2. The average Bonchev–Trinajstić information content (AvgIpc) is 2.79. The van der Waals surface area contributed by atoms with Crippen molar-refractivity contribution in [2.75, 3.05) is 0 Å². The largest absolute Gasteiger partial charge is 0.482 e. The summed E-state index contributed by atoms with van der Waals surface area (Å²) in [6.07, 6.45) is 0. The van der Waals surface area contributed by atoms with Gasteiger partial charge in [-0.2, -0.15) is 4.98 Å². The van der Waals surface area contributed by atoms with Gasteiger partial charge in [0.05, 0.1) is 10.6 Å². The Bertz CT molecular complexity index is 579. The molecule has 0 saturated heterocycles. The molecule has 0 bridgehead atoms. The topological polar surface area (TPSA) is 74.2 Å². The van der Waals surface area contributed by atoms with Gasteiger partial charge in [0.1, 0.15) is 10.8 Å². The molecule has 0 spiro atoms. The molecule has 0 saturated carbocycles. The van der Waals surface area contributed by atoms with E-state index in [1.807, 2.05) is 0 Å². The van der Waals surface area contributed by atoms with Gasteiger partial charge in [-0.1, -0.05) is 34.4 Å². The van der Waals surface area contributed by atoms with Crippen molar-refractivity contribution in [1.82, 2.24) is 10.1 Å². The molecule has 0 aliphatic carbocycles. The first-order valence-electron chi connectivity index (χ1n) is 5.56. The Morgan fingerprint density at radius 3 is 2.74 bits per heavy atom. The Hall–Kier alpha value is -1.30. The van der Waals surface area contributed by atoms with Crippen molar-refractivity contribution in [3.8, 4) is 5.75 Å². The second-order valence-corrected chi connectivity index (χ2v) is 5.36. The lowest BCUT2D eigenvalue weighted by Gasteiger charge is -2.11. The van der Waals surface area contributed by atoms with Crippen molar-refractivity contribution in [3.63, 3.8) is 0 Å². The molecule has 0 amide bonds. The number of hydrogen-bond acceptors (Lipinski definition) is 5. The van der Waals surface area contributed by atoms with E-state index in [4.69, 9.17) is 38.2 Å². The Balaban J connectivity index is 2.07. The molecule has 0 fully saturated rings. The quantitative estimate of drug-likeness (QED) is 0.939. The second-order valence-electron chi connectivity index (χ2n) is 4.57. The van der Waals surface area contributed by atoms with Crippen molar-refractivity contribution >= 4 is 23.2 Å². The van der Waals surface area contributed by atoms with Crippen LogP contribution in [0, 0.1) is 0 Å². The van der Waals surface area contributed by atoms with Crippen LogP contribution in [0.3, 0.4) is 0 Å². The zero-order chi connectivity index (χ0) is 14.0. The van der Waals surface area contributed by atoms with Gasteiger partial charge in [-0.15, -0.1) is 0 Å². The summed E-state index contributed by atoms with van der Waals surface area (Å²) >= 11 is 11.9. The smallest absolute Gasteiger partial charge is 0.264 e. The third-order valence-electron chi connectivity index (χ3n) is 2.31. The molecule has 7 heteroatoms. The molecule has 0 radical (unpaired) electrons. The van der Waals surface area contributed by atoms with Gasteiger partial charge in [0.15, 0.2) is 12.4 Å². The van der Waals surface area contributed by atoms with Gasteiger partial charge < -0.3 is 15.0 Å². The summed E-state index contributed by atoms with van der Waals surface area (Å²) in [7, 11) is 0. The summed E-state index contributed by atoms with van der Waals surface area (Å²) in [5.41, 5.74) is 5.20. The number of ether oxygens (including phenoxy) is 1. The highest BCUT2D eigenvalue weighted by atomic mass is 35.5. The molecule has 1 aromatic carbocycles. The van der Waals surface area contributed by atoms with Crippen molar-refractivity contribution in [3.05, 3.63) is 40.0 Å². The summed E-state index contributed by atoms with van der Waals surface area (Å²) in [6.45, 7) is 3.68. The minimum Gasteiger partial charge on any atom is -0.482 e. The fraction of sp³-hybridized carbons (Fsp3) is 0.333. The lowest BCUT2D eigenvalue weighted by molar-refractivity contribution is 0.242. The molecule has 2 N–H and O–H groups in total. The standard InChI is InChI=1S/C12H13Cl2N3O2/c1-12(2,15)11-16-9(19-17-11)6-18-8-5-3-4-7(13)10(8)14/h3-5H,6,15H2,1-2H3. The van der Waals surface area contributed by atoms with Gasteiger partial charge in [-0.05, 0) is 26.0 Å². The number of nitrogens with zero attached hydrogens (tertiary/aromatic N) is 2. The van der Waals surface area contributed by atoms with Crippen LogP contribution >= 0.6 is 23.2 Å². The lowest BCUT2D eigenvalue weighted by Crippen LogP contribution is -2.30. The molecule has 5 nitrogen and oxygen atoms in total. The van der Waals surface area contributed by atoms with Crippen molar-refractivity contribution in [1.29, 1.82) is 0 Å². The number of hydrogen-bond donors (Lipinski definition) is 1. The molecule has 2 aromatic rings. The van der Waals surface area contributed by atoms with Gasteiger partial charge >= 0.3 is 0 Å². The maximum atomic E-state index is 5.99. The van der Waals surface area contributed by atoms with Gasteiger partial charge in [0.2, 0.25) is 0 Å². The zero-order valence-corrected chi connectivity index (χ0v) is 12.0. The van der Waals surface area contributed by atoms with E-state index >= 15 is 0 Å². The number of aromatic nitrogens is 2. The molecular weight excluding hydrogens is 289 g/mol. The van der Waals surface area contributed by atoms with E-state index in [0.29, 0.717) is 27.5 Å². The highest BCUT2D eigenvalue weighted by molar-refractivity contribution is 6.42. The third kappa shape index (κ3) is 3.37. The Morgan fingerprint density at radius 2 is 2.11 bits per heavy atom. The monoisotopic (exact) mass is 301 g/mol. The molecule has 0 aliphatic heterocycles. The summed E-state index contributed by atoms with van der Waals surface area (Å²) in [5, 5.41) is 4.56. The van der Waals surface area contributed by atoms with E-state index in [1.165, 1.54) is 0 Å². The van der Waals surface area contributed by atoms with Crippen LogP contribution in [-0.4, -0.2) is 10.1 Å². The second kappa shape index (κ2) is 5.36. The fourth-order valence-electron chi connectivity index (χ4n) is 1.31. The highest BCUT2D eigenvalue weighted by Gasteiger charge is 2.21. The SMILES string of the molecule is CC(C)(N)c1noc(COc2cccc(Cl)c2Cl)n1. The van der Waals surface area contributed by atoms with Crippen molar-refractivity contribution in [2.45, 2.75) is 26.0 Å². The van der Waals surface area contributed by atoms with Crippen LogP contribution in [0.1, 0.15) is 25.6 Å². The van der Waals surface area contributed by atoms with E-state index in [2.05, 4.69) is 10.1 Å². The summed E-state index contributed by atoms with van der Waals surface area (Å²) in [6, 6.07) is 5.13. The average molecular weight is 302 g/mol. The van der Waals surface area contributed by atoms with E-state index in [0.717, 1.165) is 0 Å². The lowest BCUT2D eigenvalue weighted by atomic mass is 10.1. The summed E-state index contributed by atoms with van der Waals surface area (Å²) < 4.78 is 10.5. The molecule has 102 valence electrons. The van der Waals surface area contributed by atoms with E-state index in [9.17, 15) is 0 Å². The van der Waals surface area contributed by atoms with E-state index in [-0.39, 0.29) is 6.61 Å². The van der Waals surface area contributed by atoms with Gasteiger partial charge in [-0.25, -0.2) is 0 Å². The zero-order valence-electron chi connectivity index (χ0n) is 10.5. The Kier molecular flexibility index (Phi) is 3.99. The van der Waals surface area contributed by atoms with Gasteiger partial charge in [0.25, 0.3) is 5.89 Å². The summed E-state index contributed by atoms with van der Waals surface area (Å²) in [5.74, 6) is 1.20. The predicted octanol–water partition coefficient (Wildman–Crippen LogP) is 3.15.